The summed E-state index contributed by atoms with van der Waals surface area (Å²) in [7, 11) is 1.86. The Labute approximate surface area is 92.7 Å². The van der Waals surface area contributed by atoms with Crippen molar-refractivity contribution >= 4 is 10.9 Å². The Morgan fingerprint density at radius 2 is 1.88 bits per heavy atom. The van der Waals surface area contributed by atoms with Gasteiger partial charge in [0.2, 0.25) is 0 Å². The number of alkyl halides is 2. The van der Waals surface area contributed by atoms with Gasteiger partial charge in [0.05, 0.1) is 6.04 Å². The van der Waals surface area contributed by atoms with Crippen molar-refractivity contribution in [3.63, 3.8) is 0 Å². The van der Waals surface area contributed by atoms with Gasteiger partial charge in [0.25, 0.3) is 6.43 Å². The molecule has 1 aromatic carbocycles. The fourth-order valence-corrected chi connectivity index (χ4v) is 2.10. The van der Waals surface area contributed by atoms with Gasteiger partial charge in [-0.15, -0.1) is 0 Å². The highest BCUT2D eigenvalue weighted by Gasteiger charge is 2.24. The van der Waals surface area contributed by atoms with Crippen LogP contribution in [0.4, 0.5) is 8.78 Å². The van der Waals surface area contributed by atoms with Crippen molar-refractivity contribution in [3.05, 3.63) is 35.5 Å². The van der Waals surface area contributed by atoms with E-state index < -0.39 is 12.5 Å². The van der Waals surface area contributed by atoms with Crippen LogP contribution in [0.5, 0.6) is 0 Å². The molecule has 16 heavy (non-hydrogen) atoms. The number of hydrogen-bond donors (Lipinski definition) is 1. The first-order valence-corrected chi connectivity index (χ1v) is 5.11. The van der Waals surface area contributed by atoms with Crippen LogP contribution in [0.1, 0.15) is 17.3 Å². The van der Waals surface area contributed by atoms with Crippen LogP contribution in [-0.2, 0) is 7.05 Å². The maximum Gasteiger partial charge on any atom is 0.257 e. The number of para-hydroxylation sites is 1. The number of hydrogen-bond acceptors (Lipinski definition) is 1. The molecule has 4 heteroatoms. The van der Waals surface area contributed by atoms with Gasteiger partial charge in [-0.25, -0.2) is 8.78 Å². The SMILES string of the molecule is Cc1c(C(N)C(F)F)c2ccccc2n1C. The smallest absolute Gasteiger partial charge is 0.257 e. The molecule has 0 aliphatic heterocycles. The number of aryl methyl sites for hydroxylation is 1. The summed E-state index contributed by atoms with van der Waals surface area (Å²) in [6.07, 6.45) is -2.54. The molecule has 0 spiro atoms. The maximum absolute atomic E-state index is 12.7. The molecule has 1 atom stereocenters. The molecule has 2 N–H and O–H groups in total. The zero-order valence-corrected chi connectivity index (χ0v) is 9.24. The van der Waals surface area contributed by atoms with Crippen molar-refractivity contribution in [1.29, 1.82) is 0 Å². The molecule has 1 aromatic heterocycles. The van der Waals surface area contributed by atoms with E-state index in [9.17, 15) is 8.78 Å². The molecule has 0 saturated carbocycles. The van der Waals surface area contributed by atoms with Gasteiger partial charge in [0.15, 0.2) is 0 Å². The van der Waals surface area contributed by atoms with Crippen molar-refractivity contribution in [1.82, 2.24) is 4.57 Å². The molecule has 2 rings (SSSR count). The first kappa shape index (κ1) is 11.1. The minimum atomic E-state index is -2.54. The van der Waals surface area contributed by atoms with Crippen LogP contribution >= 0.6 is 0 Å². The van der Waals surface area contributed by atoms with E-state index in [0.29, 0.717) is 5.56 Å². The van der Waals surface area contributed by atoms with Crippen LogP contribution in [0.15, 0.2) is 24.3 Å². The molecule has 0 aliphatic carbocycles. The lowest BCUT2D eigenvalue weighted by Crippen LogP contribution is -2.19. The number of fused-ring (bicyclic) bond motifs is 1. The van der Waals surface area contributed by atoms with E-state index in [1.54, 1.807) is 0 Å². The Bertz CT molecular complexity index is 517. The van der Waals surface area contributed by atoms with Crippen molar-refractivity contribution in [2.24, 2.45) is 12.8 Å². The molecule has 0 fully saturated rings. The molecule has 1 heterocycles. The molecular formula is C12H14F2N2. The normalized spacial score (nSPS) is 13.6. The highest BCUT2D eigenvalue weighted by molar-refractivity contribution is 5.86. The van der Waals surface area contributed by atoms with Crippen LogP contribution in [0.3, 0.4) is 0 Å². The molecule has 0 amide bonds. The van der Waals surface area contributed by atoms with E-state index in [0.717, 1.165) is 16.6 Å². The summed E-state index contributed by atoms with van der Waals surface area (Å²) in [5.41, 5.74) is 7.84. The summed E-state index contributed by atoms with van der Waals surface area (Å²) in [4.78, 5) is 0. The number of rotatable bonds is 2. The number of halogens is 2. The predicted molar refractivity (Wildman–Crippen MR) is 60.6 cm³/mol. The first-order valence-electron chi connectivity index (χ1n) is 5.11. The number of nitrogens with zero attached hydrogens (tertiary/aromatic N) is 1. The molecule has 2 nitrogen and oxygen atoms in total. The molecule has 0 bridgehead atoms. The fraction of sp³-hybridized carbons (Fsp3) is 0.333. The Morgan fingerprint density at radius 3 is 2.50 bits per heavy atom. The Kier molecular flexibility index (Phi) is 2.68. The van der Waals surface area contributed by atoms with Crippen molar-refractivity contribution in [2.45, 2.75) is 19.4 Å². The van der Waals surface area contributed by atoms with Gasteiger partial charge in [0.1, 0.15) is 0 Å². The monoisotopic (exact) mass is 224 g/mol. The minimum Gasteiger partial charge on any atom is -0.348 e. The van der Waals surface area contributed by atoms with Crippen LogP contribution in [0, 0.1) is 6.92 Å². The zero-order valence-electron chi connectivity index (χ0n) is 9.24. The lowest BCUT2D eigenvalue weighted by molar-refractivity contribution is 0.116. The average molecular weight is 224 g/mol. The molecule has 0 saturated heterocycles. The van der Waals surface area contributed by atoms with Gasteiger partial charge < -0.3 is 10.3 Å². The number of nitrogens with two attached hydrogens (primary N) is 1. The average Bonchev–Trinajstić information content (AvgIpc) is 2.52. The summed E-state index contributed by atoms with van der Waals surface area (Å²) in [6.45, 7) is 1.82. The van der Waals surface area contributed by atoms with Crippen LogP contribution < -0.4 is 5.73 Å². The van der Waals surface area contributed by atoms with Gasteiger partial charge >= 0.3 is 0 Å². The Balaban J connectivity index is 2.73. The predicted octanol–water partition coefficient (Wildman–Crippen LogP) is 2.75. The van der Waals surface area contributed by atoms with Crippen LogP contribution in [-0.4, -0.2) is 11.0 Å². The molecule has 0 radical (unpaired) electrons. The quantitative estimate of drug-likeness (QED) is 0.835. The number of benzene rings is 1. The zero-order chi connectivity index (χ0) is 11.9. The molecule has 86 valence electrons. The second-order valence-electron chi connectivity index (χ2n) is 3.94. The highest BCUT2D eigenvalue weighted by Crippen LogP contribution is 2.31. The lowest BCUT2D eigenvalue weighted by atomic mass is 10.0. The number of aromatic nitrogens is 1. The lowest BCUT2D eigenvalue weighted by Gasteiger charge is -2.11. The highest BCUT2D eigenvalue weighted by atomic mass is 19.3. The van der Waals surface area contributed by atoms with Gasteiger partial charge in [-0.2, -0.15) is 0 Å². The van der Waals surface area contributed by atoms with E-state index >= 15 is 0 Å². The topological polar surface area (TPSA) is 30.9 Å². The summed E-state index contributed by atoms with van der Waals surface area (Å²) in [6, 6.07) is 6.25. The van der Waals surface area contributed by atoms with Crippen molar-refractivity contribution < 1.29 is 8.78 Å². The minimum absolute atomic E-state index is 0.549. The fourth-order valence-electron chi connectivity index (χ4n) is 2.10. The third-order valence-corrected chi connectivity index (χ3v) is 3.05. The Hall–Kier alpha value is -1.42. The summed E-state index contributed by atoms with van der Waals surface area (Å²) in [5.74, 6) is 0. The van der Waals surface area contributed by atoms with E-state index in [2.05, 4.69) is 0 Å². The largest absolute Gasteiger partial charge is 0.348 e. The summed E-state index contributed by atoms with van der Waals surface area (Å²) >= 11 is 0. The summed E-state index contributed by atoms with van der Waals surface area (Å²) < 4.78 is 27.3. The van der Waals surface area contributed by atoms with E-state index in [-0.39, 0.29) is 0 Å². The van der Waals surface area contributed by atoms with Crippen LogP contribution in [0.2, 0.25) is 0 Å². The van der Waals surface area contributed by atoms with Gasteiger partial charge in [-0.1, -0.05) is 18.2 Å². The summed E-state index contributed by atoms with van der Waals surface area (Å²) in [5, 5.41) is 0.815. The Morgan fingerprint density at radius 1 is 1.25 bits per heavy atom. The van der Waals surface area contributed by atoms with Crippen molar-refractivity contribution in [2.75, 3.05) is 0 Å². The van der Waals surface area contributed by atoms with E-state index in [1.165, 1.54) is 0 Å². The first-order chi connectivity index (χ1) is 7.54. The van der Waals surface area contributed by atoms with E-state index in [1.807, 2.05) is 42.8 Å². The maximum atomic E-state index is 12.7. The molecule has 0 aliphatic rings. The van der Waals surface area contributed by atoms with Gasteiger partial charge in [-0.3, -0.25) is 0 Å². The van der Waals surface area contributed by atoms with E-state index in [4.69, 9.17) is 5.73 Å². The van der Waals surface area contributed by atoms with Crippen molar-refractivity contribution in [3.8, 4) is 0 Å². The van der Waals surface area contributed by atoms with Gasteiger partial charge in [0, 0.05) is 29.2 Å². The standard InChI is InChI=1S/C12H14F2N2/c1-7-10(11(15)12(13)14)8-5-3-4-6-9(8)16(7)2/h3-6,11-12H,15H2,1-2H3. The van der Waals surface area contributed by atoms with Gasteiger partial charge in [-0.05, 0) is 13.0 Å². The second kappa shape index (κ2) is 3.87. The van der Waals surface area contributed by atoms with Crippen LogP contribution in [0.25, 0.3) is 10.9 Å². The third kappa shape index (κ3) is 1.50. The molecular weight excluding hydrogens is 210 g/mol. The molecule has 2 aromatic rings. The third-order valence-electron chi connectivity index (χ3n) is 3.05. The molecule has 1 unspecified atom stereocenters. The second-order valence-corrected chi connectivity index (χ2v) is 3.94.